The van der Waals surface area contributed by atoms with Gasteiger partial charge < -0.3 is 10.3 Å². The molecule has 3 N–H and O–H groups in total. The fourth-order valence-corrected chi connectivity index (χ4v) is 3.93. The summed E-state index contributed by atoms with van der Waals surface area (Å²) in [4.78, 5) is 24.6. The van der Waals surface area contributed by atoms with E-state index in [1.807, 2.05) is 55.8 Å². The van der Waals surface area contributed by atoms with Crippen molar-refractivity contribution in [1.82, 2.24) is 14.9 Å². The van der Waals surface area contributed by atoms with Crippen molar-refractivity contribution in [3.8, 4) is 28.1 Å². The number of anilines is 1. The molecule has 0 unspecified atom stereocenters. The molecule has 4 rings (SSSR count). The molecule has 0 fully saturated rings. The molecule has 0 saturated carbocycles. The van der Waals surface area contributed by atoms with Crippen LogP contribution in [0.15, 0.2) is 59.1 Å². The van der Waals surface area contributed by atoms with Gasteiger partial charge in [-0.2, -0.15) is 5.10 Å². The second-order valence-electron chi connectivity index (χ2n) is 7.74. The predicted octanol–water partition coefficient (Wildman–Crippen LogP) is 4.65. The normalized spacial score (nSPS) is 10.9. The summed E-state index contributed by atoms with van der Waals surface area (Å²) in [6.07, 6.45) is 1.01. The first-order valence-corrected chi connectivity index (χ1v) is 10.7. The minimum Gasteiger partial charge on any atom is -0.366 e. The molecule has 0 saturated heterocycles. The van der Waals surface area contributed by atoms with Crippen LogP contribution in [0.2, 0.25) is 0 Å². The van der Waals surface area contributed by atoms with Crippen LogP contribution >= 0.6 is 0 Å². The maximum Gasteiger partial charge on any atom is 0.249 e. The second kappa shape index (κ2) is 9.12. The maximum absolute atomic E-state index is 12.4. The van der Waals surface area contributed by atoms with E-state index < -0.39 is 5.91 Å². The predicted molar refractivity (Wildman–Crippen MR) is 126 cm³/mol. The highest BCUT2D eigenvalue weighted by Crippen LogP contribution is 2.41. The zero-order valence-corrected chi connectivity index (χ0v) is 18.8. The van der Waals surface area contributed by atoms with Crippen molar-refractivity contribution in [2.45, 2.75) is 33.6 Å². The lowest BCUT2D eigenvalue weighted by atomic mass is 9.95. The van der Waals surface area contributed by atoms with Gasteiger partial charge in [-0.1, -0.05) is 48.5 Å². The number of primary amides is 1. The second-order valence-corrected chi connectivity index (χ2v) is 7.74. The quantitative estimate of drug-likeness (QED) is 0.431. The Morgan fingerprint density at radius 1 is 1.03 bits per heavy atom. The van der Waals surface area contributed by atoms with Gasteiger partial charge in [0.15, 0.2) is 0 Å². The molecular weight excluding hydrogens is 418 g/mol. The molecule has 0 atom stereocenters. The molecule has 8 nitrogen and oxygen atoms in total. The topological polar surface area (TPSA) is 116 Å². The van der Waals surface area contributed by atoms with Gasteiger partial charge in [0.1, 0.15) is 5.69 Å². The van der Waals surface area contributed by atoms with Crippen molar-refractivity contribution in [3.05, 3.63) is 71.5 Å². The largest absolute Gasteiger partial charge is 0.366 e. The van der Waals surface area contributed by atoms with Gasteiger partial charge in [0.25, 0.3) is 0 Å². The molecule has 8 heteroatoms. The van der Waals surface area contributed by atoms with Crippen LogP contribution in [0.5, 0.6) is 0 Å². The van der Waals surface area contributed by atoms with E-state index in [-0.39, 0.29) is 11.8 Å². The van der Waals surface area contributed by atoms with E-state index in [0.717, 1.165) is 22.6 Å². The number of hydrogen-bond donors (Lipinski definition) is 2. The molecule has 2 aromatic carbocycles. The molecule has 4 aromatic rings. The molecule has 0 spiro atoms. The van der Waals surface area contributed by atoms with Gasteiger partial charge in [-0.25, -0.2) is 4.68 Å². The van der Waals surface area contributed by atoms with Gasteiger partial charge >= 0.3 is 0 Å². The molecule has 2 aromatic heterocycles. The van der Waals surface area contributed by atoms with Crippen LogP contribution < -0.4 is 11.1 Å². The SMILES string of the molecule is CCCC(=O)Nc1onc(-c2c(C)nn(-c3ccccc3)c2C)c1-c1ccccc1C(N)=O. The Bertz CT molecular complexity index is 1320. The van der Waals surface area contributed by atoms with Gasteiger partial charge in [-0.3, -0.25) is 14.9 Å². The molecule has 168 valence electrons. The number of carbonyl (C=O) groups is 2. The number of nitrogens with two attached hydrogens (primary N) is 1. The zero-order valence-electron chi connectivity index (χ0n) is 18.8. The van der Waals surface area contributed by atoms with E-state index >= 15 is 0 Å². The van der Waals surface area contributed by atoms with E-state index in [0.29, 0.717) is 35.2 Å². The third-order valence-corrected chi connectivity index (χ3v) is 5.41. The third kappa shape index (κ3) is 4.15. The van der Waals surface area contributed by atoms with Crippen LogP contribution in [-0.2, 0) is 4.79 Å². The maximum atomic E-state index is 12.4. The summed E-state index contributed by atoms with van der Waals surface area (Å²) in [7, 11) is 0. The Kier molecular flexibility index (Phi) is 6.08. The Morgan fingerprint density at radius 3 is 2.42 bits per heavy atom. The molecule has 0 aliphatic carbocycles. The fraction of sp³-hybridized carbons (Fsp3) is 0.200. The summed E-state index contributed by atoms with van der Waals surface area (Å²) in [5, 5.41) is 11.8. The Morgan fingerprint density at radius 2 is 1.73 bits per heavy atom. The molecule has 0 bridgehead atoms. The van der Waals surface area contributed by atoms with Crippen molar-refractivity contribution >= 4 is 17.7 Å². The lowest BCUT2D eigenvalue weighted by molar-refractivity contribution is -0.116. The first-order valence-electron chi connectivity index (χ1n) is 10.7. The Hall–Kier alpha value is -4.20. The van der Waals surface area contributed by atoms with Gasteiger partial charge in [0.2, 0.25) is 17.7 Å². The number of carbonyl (C=O) groups excluding carboxylic acids is 2. The van der Waals surface area contributed by atoms with Crippen LogP contribution in [0.25, 0.3) is 28.1 Å². The van der Waals surface area contributed by atoms with Crippen LogP contribution in [0.4, 0.5) is 5.88 Å². The van der Waals surface area contributed by atoms with Crippen LogP contribution in [-0.4, -0.2) is 26.8 Å². The van der Waals surface area contributed by atoms with E-state index in [1.165, 1.54) is 0 Å². The van der Waals surface area contributed by atoms with Gasteiger partial charge in [-0.15, -0.1) is 0 Å². The van der Waals surface area contributed by atoms with Crippen molar-refractivity contribution in [2.24, 2.45) is 5.73 Å². The van der Waals surface area contributed by atoms with Crippen molar-refractivity contribution in [1.29, 1.82) is 0 Å². The summed E-state index contributed by atoms with van der Waals surface area (Å²) < 4.78 is 7.44. The Labute approximate surface area is 191 Å². The van der Waals surface area contributed by atoms with Gasteiger partial charge in [-0.05, 0) is 38.5 Å². The van der Waals surface area contributed by atoms with Crippen molar-refractivity contribution < 1.29 is 14.1 Å². The van der Waals surface area contributed by atoms with Crippen LogP contribution in [0.3, 0.4) is 0 Å². The number of aryl methyl sites for hydroxylation is 1. The minimum atomic E-state index is -0.586. The molecule has 2 amide bonds. The number of aromatic nitrogens is 3. The lowest BCUT2D eigenvalue weighted by Gasteiger charge is -2.10. The van der Waals surface area contributed by atoms with E-state index in [1.54, 1.807) is 24.3 Å². The highest BCUT2D eigenvalue weighted by Gasteiger charge is 2.28. The number of para-hydroxylation sites is 1. The first kappa shape index (κ1) is 22.0. The standard InChI is InChI=1S/C25H25N5O3/c1-4-10-20(31)27-25-22(18-13-8-9-14-19(18)24(26)32)23(29-33-25)21-15(2)28-30(16(21)3)17-11-6-5-7-12-17/h5-9,11-14H,4,10H2,1-3H3,(H2,26,32)(H,27,31). The van der Waals surface area contributed by atoms with Crippen molar-refractivity contribution in [3.63, 3.8) is 0 Å². The van der Waals surface area contributed by atoms with E-state index in [9.17, 15) is 9.59 Å². The molecule has 2 heterocycles. The smallest absolute Gasteiger partial charge is 0.249 e. The van der Waals surface area contributed by atoms with E-state index in [4.69, 9.17) is 15.4 Å². The highest BCUT2D eigenvalue weighted by molar-refractivity contribution is 6.05. The number of rotatable bonds is 7. The average molecular weight is 444 g/mol. The average Bonchev–Trinajstić information content (AvgIpc) is 3.33. The number of benzene rings is 2. The molecule has 0 aliphatic rings. The first-order chi connectivity index (χ1) is 15.9. The molecular formula is C25H25N5O3. The van der Waals surface area contributed by atoms with Gasteiger partial charge in [0.05, 0.1) is 22.6 Å². The van der Waals surface area contributed by atoms with Crippen LogP contribution in [0, 0.1) is 13.8 Å². The number of amides is 2. The summed E-state index contributed by atoms with van der Waals surface area (Å²) in [5.74, 6) is -0.619. The Balaban J connectivity index is 1.94. The zero-order chi connectivity index (χ0) is 23.5. The lowest BCUT2D eigenvalue weighted by Crippen LogP contribution is -2.14. The van der Waals surface area contributed by atoms with Gasteiger partial charge in [0, 0.05) is 23.1 Å². The van der Waals surface area contributed by atoms with Crippen LogP contribution in [0.1, 0.15) is 41.5 Å². The molecule has 33 heavy (non-hydrogen) atoms. The molecule has 0 aliphatic heterocycles. The summed E-state index contributed by atoms with van der Waals surface area (Å²) in [6, 6.07) is 16.7. The summed E-state index contributed by atoms with van der Waals surface area (Å²) >= 11 is 0. The number of nitrogens with zero attached hydrogens (tertiary/aromatic N) is 3. The number of nitrogens with one attached hydrogen (secondary N) is 1. The number of hydrogen-bond acceptors (Lipinski definition) is 5. The van der Waals surface area contributed by atoms with E-state index in [2.05, 4.69) is 10.5 Å². The highest BCUT2D eigenvalue weighted by atomic mass is 16.5. The minimum absolute atomic E-state index is 0.170. The third-order valence-electron chi connectivity index (χ3n) is 5.41. The molecule has 0 radical (unpaired) electrons. The monoisotopic (exact) mass is 443 g/mol. The fourth-order valence-electron chi connectivity index (χ4n) is 3.93. The summed E-state index contributed by atoms with van der Waals surface area (Å²) in [6.45, 7) is 5.74. The summed E-state index contributed by atoms with van der Waals surface area (Å²) in [5.41, 5.74) is 10.7. The van der Waals surface area contributed by atoms with Crippen molar-refractivity contribution in [2.75, 3.05) is 5.32 Å².